The van der Waals surface area contributed by atoms with E-state index in [2.05, 4.69) is 4.72 Å². The Morgan fingerprint density at radius 3 is 2.50 bits per heavy atom. The molecule has 0 fully saturated rings. The molecule has 0 aliphatic carbocycles. The van der Waals surface area contributed by atoms with Gasteiger partial charge >= 0.3 is 0 Å². The molecule has 7 heteroatoms. The van der Waals surface area contributed by atoms with Crippen molar-refractivity contribution in [1.29, 1.82) is 0 Å². The summed E-state index contributed by atoms with van der Waals surface area (Å²) in [4.78, 5) is -0.252. The lowest BCUT2D eigenvalue weighted by molar-refractivity contribution is 0.593. The van der Waals surface area contributed by atoms with Gasteiger partial charge in [0.05, 0.1) is 15.6 Å². The maximum Gasteiger partial charge on any atom is 0.262 e. The summed E-state index contributed by atoms with van der Waals surface area (Å²) in [5, 5.41) is 0.247. The first-order chi connectivity index (χ1) is 9.31. The summed E-state index contributed by atoms with van der Waals surface area (Å²) in [6.07, 6.45) is 0. The van der Waals surface area contributed by atoms with Crippen LogP contribution in [0, 0.1) is 12.7 Å². The van der Waals surface area contributed by atoms with Gasteiger partial charge in [-0.1, -0.05) is 23.7 Å². The standard InChI is InChI=1S/C13H12ClFN2O2S/c1-8-11(15)6-9(7-12(8)16)20(18,19)17-13-5-3-2-4-10(13)14/h2-7,17H,16H2,1H3. The molecule has 20 heavy (non-hydrogen) atoms. The third-order valence-corrected chi connectivity index (χ3v) is 4.46. The van der Waals surface area contributed by atoms with Crippen molar-refractivity contribution in [1.82, 2.24) is 0 Å². The van der Waals surface area contributed by atoms with E-state index < -0.39 is 15.8 Å². The maximum atomic E-state index is 13.6. The van der Waals surface area contributed by atoms with Crippen LogP contribution in [0.2, 0.25) is 5.02 Å². The quantitative estimate of drug-likeness (QED) is 0.855. The molecule has 106 valence electrons. The van der Waals surface area contributed by atoms with Crippen LogP contribution in [0.15, 0.2) is 41.3 Å². The van der Waals surface area contributed by atoms with Crippen molar-refractivity contribution in [2.24, 2.45) is 0 Å². The van der Waals surface area contributed by atoms with Crippen molar-refractivity contribution >= 4 is 33.0 Å². The molecule has 0 bridgehead atoms. The molecule has 0 heterocycles. The number of nitrogens with one attached hydrogen (secondary N) is 1. The molecule has 0 spiro atoms. The molecule has 0 radical (unpaired) electrons. The highest BCUT2D eigenvalue weighted by Gasteiger charge is 2.18. The lowest BCUT2D eigenvalue weighted by Crippen LogP contribution is -2.14. The van der Waals surface area contributed by atoms with Crippen LogP contribution >= 0.6 is 11.6 Å². The van der Waals surface area contributed by atoms with E-state index in [1.807, 2.05) is 0 Å². The molecule has 0 aromatic heterocycles. The predicted molar refractivity (Wildman–Crippen MR) is 77.8 cm³/mol. The Bertz CT molecular complexity index is 740. The first kappa shape index (κ1) is 14.6. The van der Waals surface area contributed by atoms with Gasteiger partial charge in [0, 0.05) is 11.3 Å². The molecule has 0 aliphatic heterocycles. The second-order valence-electron chi connectivity index (χ2n) is 4.20. The molecule has 4 nitrogen and oxygen atoms in total. The van der Waals surface area contributed by atoms with Crippen LogP contribution in [-0.2, 0) is 10.0 Å². The molecule has 0 amide bonds. The zero-order chi connectivity index (χ0) is 14.9. The third kappa shape index (κ3) is 2.86. The Morgan fingerprint density at radius 2 is 1.90 bits per heavy atom. The van der Waals surface area contributed by atoms with Crippen LogP contribution in [0.1, 0.15) is 5.56 Å². The maximum absolute atomic E-state index is 13.6. The number of hydrogen-bond donors (Lipinski definition) is 2. The molecule has 2 aromatic rings. The Kier molecular flexibility index (Phi) is 3.87. The van der Waals surface area contributed by atoms with E-state index in [4.69, 9.17) is 17.3 Å². The number of hydrogen-bond acceptors (Lipinski definition) is 3. The first-order valence-electron chi connectivity index (χ1n) is 5.64. The van der Waals surface area contributed by atoms with Gasteiger partial charge in [0.1, 0.15) is 5.82 Å². The number of benzene rings is 2. The third-order valence-electron chi connectivity index (χ3n) is 2.79. The second-order valence-corrected chi connectivity index (χ2v) is 6.29. The molecule has 3 N–H and O–H groups in total. The van der Waals surface area contributed by atoms with E-state index in [1.54, 1.807) is 18.2 Å². The first-order valence-corrected chi connectivity index (χ1v) is 7.50. The number of nitrogen functional groups attached to an aromatic ring is 1. The minimum absolute atomic E-state index is 0.0736. The summed E-state index contributed by atoms with van der Waals surface area (Å²) < 4.78 is 40.2. The molecule has 0 saturated carbocycles. The van der Waals surface area contributed by atoms with Gasteiger partial charge < -0.3 is 5.73 Å². The molecule has 2 aromatic carbocycles. The van der Waals surface area contributed by atoms with Gasteiger partial charge in [-0.3, -0.25) is 4.72 Å². The molecule has 0 saturated heterocycles. The van der Waals surface area contributed by atoms with Crippen LogP contribution in [0.25, 0.3) is 0 Å². The van der Waals surface area contributed by atoms with Gasteiger partial charge in [0.2, 0.25) is 0 Å². The lowest BCUT2D eigenvalue weighted by atomic mass is 10.2. The number of para-hydroxylation sites is 1. The van der Waals surface area contributed by atoms with Crippen LogP contribution in [0.3, 0.4) is 0 Å². The van der Waals surface area contributed by atoms with Crippen molar-refractivity contribution in [3.8, 4) is 0 Å². The average Bonchev–Trinajstić information content (AvgIpc) is 2.38. The van der Waals surface area contributed by atoms with Gasteiger partial charge in [-0.05, 0) is 31.2 Å². The second kappa shape index (κ2) is 5.30. The lowest BCUT2D eigenvalue weighted by Gasteiger charge is -2.11. The number of rotatable bonds is 3. The van der Waals surface area contributed by atoms with Crippen molar-refractivity contribution in [2.45, 2.75) is 11.8 Å². The predicted octanol–water partition coefficient (Wildman–Crippen LogP) is 3.17. The van der Waals surface area contributed by atoms with Gasteiger partial charge in [-0.15, -0.1) is 0 Å². The fourth-order valence-electron chi connectivity index (χ4n) is 1.58. The van der Waals surface area contributed by atoms with E-state index in [0.29, 0.717) is 0 Å². The van der Waals surface area contributed by atoms with Gasteiger partial charge in [0.25, 0.3) is 10.0 Å². The largest absolute Gasteiger partial charge is 0.398 e. The molecule has 0 atom stereocenters. The van der Waals surface area contributed by atoms with E-state index in [9.17, 15) is 12.8 Å². The number of sulfonamides is 1. The summed E-state index contributed by atoms with van der Waals surface area (Å²) in [5.41, 5.74) is 6.08. The Labute approximate surface area is 121 Å². The zero-order valence-electron chi connectivity index (χ0n) is 10.5. The highest BCUT2D eigenvalue weighted by molar-refractivity contribution is 7.92. The number of anilines is 2. The van der Waals surface area contributed by atoms with Gasteiger partial charge in [-0.2, -0.15) is 0 Å². The monoisotopic (exact) mass is 314 g/mol. The number of halogens is 2. The van der Waals surface area contributed by atoms with Crippen LogP contribution in [0.5, 0.6) is 0 Å². The topological polar surface area (TPSA) is 72.2 Å². The SMILES string of the molecule is Cc1c(N)cc(S(=O)(=O)Nc2ccccc2Cl)cc1F. The molecule has 0 aliphatic rings. The van der Waals surface area contributed by atoms with Gasteiger partial charge in [0.15, 0.2) is 0 Å². The normalized spacial score (nSPS) is 11.3. The van der Waals surface area contributed by atoms with Crippen LogP contribution in [0.4, 0.5) is 15.8 Å². The summed E-state index contributed by atoms with van der Waals surface area (Å²) in [5.74, 6) is -0.676. The van der Waals surface area contributed by atoms with Crippen LogP contribution in [-0.4, -0.2) is 8.42 Å². The smallest absolute Gasteiger partial charge is 0.262 e. The summed E-state index contributed by atoms with van der Waals surface area (Å²) in [6.45, 7) is 1.47. The Hall–Kier alpha value is -1.79. The fourth-order valence-corrected chi connectivity index (χ4v) is 2.94. The highest BCUT2D eigenvalue weighted by atomic mass is 35.5. The van der Waals surface area contributed by atoms with E-state index in [1.165, 1.54) is 19.1 Å². The fraction of sp³-hybridized carbons (Fsp3) is 0.0769. The minimum Gasteiger partial charge on any atom is -0.398 e. The minimum atomic E-state index is -3.95. The molecular formula is C13H12ClFN2O2S. The van der Waals surface area contributed by atoms with Crippen LogP contribution < -0.4 is 10.5 Å². The zero-order valence-corrected chi connectivity index (χ0v) is 12.1. The average molecular weight is 315 g/mol. The summed E-state index contributed by atoms with van der Waals surface area (Å²) in [7, 11) is -3.95. The van der Waals surface area contributed by atoms with E-state index in [-0.39, 0.29) is 26.9 Å². The molecule has 0 unspecified atom stereocenters. The van der Waals surface area contributed by atoms with Crippen molar-refractivity contribution in [2.75, 3.05) is 10.5 Å². The van der Waals surface area contributed by atoms with Gasteiger partial charge in [-0.25, -0.2) is 12.8 Å². The Balaban J connectivity index is 2.44. The van der Waals surface area contributed by atoms with Crippen molar-refractivity contribution in [3.63, 3.8) is 0 Å². The van der Waals surface area contributed by atoms with E-state index >= 15 is 0 Å². The summed E-state index contributed by atoms with van der Waals surface area (Å²) >= 11 is 5.88. The van der Waals surface area contributed by atoms with Crippen molar-refractivity contribution in [3.05, 3.63) is 52.8 Å². The van der Waals surface area contributed by atoms with Crippen molar-refractivity contribution < 1.29 is 12.8 Å². The number of nitrogens with two attached hydrogens (primary N) is 1. The molecule has 2 rings (SSSR count). The summed E-state index contributed by atoms with van der Waals surface area (Å²) in [6, 6.07) is 8.48. The van der Waals surface area contributed by atoms with E-state index in [0.717, 1.165) is 6.07 Å². The molecular weight excluding hydrogens is 303 g/mol. The Morgan fingerprint density at radius 1 is 1.25 bits per heavy atom. The highest BCUT2D eigenvalue weighted by Crippen LogP contribution is 2.26.